The number of nitrogens with one attached hydrogen (secondary N) is 2. The molecule has 0 amide bonds. The van der Waals surface area contributed by atoms with Gasteiger partial charge >= 0.3 is 5.97 Å². The second-order valence-electron chi connectivity index (χ2n) is 5.77. The number of esters is 1. The number of aryl methyl sites for hydroxylation is 2. The number of methoxy groups -OCH3 is 1. The van der Waals surface area contributed by atoms with Crippen molar-refractivity contribution in [2.75, 3.05) is 17.7 Å². The smallest absolute Gasteiger partial charge is 0.339 e. The Hall–Kier alpha value is -3.48. The van der Waals surface area contributed by atoms with E-state index in [1.165, 1.54) is 18.9 Å². The molecule has 0 saturated carbocycles. The van der Waals surface area contributed by atoms with Gasteiger partial charge in [0.05, 0.1) is 24.6 Å². The van der Waals surface area contributed by atoms with Crippen molar-refractivity contribution in [2.24, 2.45) is 0 Å². The molecule has 3 rings (SSSR count). The summed E-state index contributed by atoms with van der Waals surface area (Å²) in [6.07, 6.45) is 1.49. The molecule has 0 aliphatic rings. The van der Waals surface area contributed by atoms with Crippen molar-refractivity contribution >= 4 is 29.1 Å². The topological polar surface area (TPSA) is 89.0 Å². The van der Waals surface area contributed by atoms with Crippen molar-refractivity contribution in [3.8, 4) is 0 Å². The summed E-state index contributed by atoms with van der Waals surface area (Å²) in [5.74, 6) is 0.393. The molecule has 7 nitrogen and oxygen atoms in total. The van der Waals surface area contributed by atoms with Crippen LogP contribution in [0.2, 0.25) is 0 Å². The van der Waals surface area contributed by atoms with E-state index < -0.39 is 5.97 Å². The van der Waals surface area contributed by atoms with Crippen molar-refractivity contribution in [3.63, 3.8) is 0 Å². The maximum atomic E-state index is 11.9. The third-order valence-corrected chi connectivity index (χ3v) is 3.78. The molecule has 0 saturated heterocycles. The molecule has 0 fully saturated rings. The van der Waals surface area contributed by atoms with Gasteiger partial charge in [0.1, 0.15) is 0 Å². The number of aromatic nitrogens is 3. The van der Waals surface area contributed by atoms with Gasteiger partial charge in [-0.2, -0.15) is 10.1 Å². The molecular formula is C19H19N5O2. The molecule has 0 unspecified atom stereocenters. The molecule has 0 radical (unpaired) electrons. The van der Waals surface area contributed by atoms with Gasteiger partial charge in [0.25, 0.3) is 0 Å². The van der Waals surface area contributed by atoms with Gasteiger partial charge in [-0.15, -0.1) is 5.10 Å². The Kier molecular flexibility index (Phi) is 5.07. The maximum Gasteiger partial charge on any atom is 0.339 e. The van der Waals surface area contributed by atoms with E-state index in [0.29, 0.717) is 23.0 Å². The predicted octanol–water partition coefficient (Wildman–Crippen LogP) is 3.76. The highest BCUT2D eigenvalue weighted by Crippen LogP contribution is 2.22. The first-order valence-electron chi connectivity index (χ1n) is 8.05. The van der Waals surface area contributed by atoms with Crippen LogP contribution in [-0.2, 0) is 4.74 Å². The summed E-state index contributed by atoms with van der Waals surface area (Å²) in [6, 6.07) is 13.1. The van der Waals surface area contributed by atoms with E-state index in [2.05, 4.69) is 31.9 Å². The number of anilines is 4. The number of hydrogen-bond acceptors (Lipinski definition) is 7. The molecule has 1 heterocycles. The minimum atomic E-state index is -0.427. The van der Waals surface area contributed by atoms with Gasteiger partial charge in [-0.25, -0.2) is 4.79 Å². The summed E-state index contributed by atoms with van der Waals surface area (Å²) in [6.45, 7) is 4.05. The number of para-hydroxylation sites is 1. The lowest BCUT2D eigenvalue weighted by molar-refractivity contribution is 0.0602. The third-order valence-electron chi connectivity index (χ3n) is 3.78. The first-order chi connectivity index (χ1) is 12.6. The molecule has 0 atom stereocenters. The second kappa shape index (κ2) is 7.60. The quantitative estimate of drug-likeness (QED) is 0.678. The summed E-state index contributed by atoms with van der Waals surface area (Å²) in [7, 11) is 1.34. The fraction of sp³-hybridized carbons (Fsp3) is 0.158. The number of carbonyl (C=O) groups is 1. The number of carbonyl (C=O) groups excluding carboxylic acids is 1. The van der Waals surface area contributed by atoms with Crippen LogP contribution in [0, 0.1) is 13.8 Å². The van der Waals surface area contributed by atoms with E-state index in [-0.39, 0.29) is 0 Å². The van der Waals surface area contributed by atoms with E-state index in [1.54, 1.807) is 18.2 Å². The Morgan fingerprint density at radius 1 is 1.04 bits per heavy atom. The van der Waals surface area contributed by atoms with Crippen molar-refractivity contribution in [1.29, 1.82) is 0 Å². The molecule has 2 aromatic carbocycles. The average Bonchev–Trinajstić information content (AvgIpc) is 2.64. The molecule has 0 aliphatic carbocycles. The van der Waals surface area contributed by atoms with E-state index in [1.807, 2.05) is 32.0 Å². The van der Waals surface area contributed by atoms with Crippen LogP contribution >= 0.6 is 0 Å². The largest absolute Gasteiger partial charge is 0.465 e. The van der Waals surface area contributed by atoms with Crippen LogP contribution in [0.15, 0.2) is 48.7 Å². The molecule has 0 aliphatic heterocycles. The molecule has 7 heteroatoms. The Labute approximate surface area is 151 Å². The summed E-state index contributed by atoms with van der Waals surface area (Å²) >= 11 is 0. The highest BCUT2D eigenvalue weighted by atomic mass is 16.5. The summed E-state index contributed by atoms with van der Waals surface area (Å²) < 4.78 is 4.80. The lowest BCUT2D eigenvalue weighted by Crippen LogP contribution is -2.07. The van der Waals surface area contributed by atoms with Crippen LogP contribution in [0.3, 0.4) is 0 Å². The predicted molar refractivity (Wildman–Crippen MR) is 100 cm³/mol. The summed E-state index contributed by atoms with van der Waals surface area (Å²) in [5.41, 5.74) is 4.17. The normalized spacial score (nSPS) is 10.3. The average molecular weight is 349 g/mol. The highest BCUT2D eigenvalue weighted by Gasteiger charge is 2.12. The molecule has 0 bridgehead atoms. The van der Waals surface area contributed by atoms with Gasteiger partial charge in [-0.1, -0.05) is 29.8 Å². The highest BCUT2D eigenvalue weighted by molar-refractivity contribution is 5.96. The molecule has 1 aromatic heterocycles. The molecule has 3 aromatic rings. The number of nitrogens with zero attached hydrogens (tertiary/aromatic N) is 3. The number of ether oxygens (including phenoxy) is 1. The number of rotatable bonds is 5. The fourth-order valence-electron chi connectivity index (χ4n) is 2.51. The zero-order chi connectivity index (χ0) is 18.5. The Balaban J connectivity index is 1.83. The van der Waals surface area contributed by atoms with Crippen LogP contribution < -0.4 is 10.6 Å². The van der Waals surface area contributed by atoms with Gasteiger partial charge in [0, 0.05) is 5.69 Å². The van der Waals surface area contributed by atoms with Crippen LogP contribution in [-0.4, -0.2) is 28.3 Å². The van der Waals surface area contributed by atoms with Crippen molar-refractivity contribution in [1.82, 2.24) is 15.2 Å². The number of hydrogen-bond donors (Lipinski definition) is 2. The zero-order valence-corrected chi connectivity index (χ0v) is 14.8. The zero-order valence-electron chi connectivity index (χ0n) is 14.8. The van der Waals surface area contributed by atoms with Crippen molar-refractivity contribution in [3.05, 3.63) is 65.4 Å². The van der Waals surface area contributed by atoms with Crippen LogP contribution in [0.25, 0.3) is 0 Å². The lowest BCUT2D eigenvalue weighted by Gasteiger charge is -2.11. The standard InChI is InChI=1S/C19H19N5O2/c1-12-8-9-15(13(2)10-12)22-19-23-17(11-20-24-19)21-16-7-5-4-6-14(16)18(25)26-3/h4-11H,1-3H3,(H2,21,22,23,24). The van der Waals surface area contributed by atoms with Crippen molar-refractivity contribution < 1.29 is 9.53 Å². The van der Waals surface area contributed by atoms with E-state index in [0.717, 1.165) is 11.3 Å². The van der Waals surface area contributed by atoms with E-state index in [9.17, 15) is 4.79 Å². The van der Waals surface area contributed by atoms with Gasteiger partial charge in [0.15, 0.2) is 5.82 Å². The SMILES string of the molecule is COC(=O)c1ccccc1Nc1cnnc(Nc2ccc(C)cc2C)n1. The van der Waals surface area contributed by atoms with Gasteiger partial charge in [-0.3, -0.25) is 0 Å². The van der Waals surface area contributed by atoms with Crippen LogP contribution in [0.1, 0.15) is 21.5 Å². The molecule has 0 spiro atoms. The third kappa shape index (κ3) is 3.94. The monoisotopic (exact) mass is 349 g/mol. The molecule has 26 heavy (non-hydrogen) atoms. The number of benzene rings is 2. The first kappa shape index (κ1) is 17.3. The van der Waals surface area contributed by atoms with Crippen molar-refractivity contribution in [2.45, 2.75) is 13.8 Å². The Morgan fingerprint density at radius 3 is 2.62 bits per heavy atom. The first-order valence-corrected chi connectivity index (χ1v) is 8.05. The van der Waals surface area contributed by atoms with E-state index >= 15 is 0 Å². The van der Waals surface area contributed by atoms with Crippen LogP contribution in [0.4, 0.5) is 23.1 Å². The molecule has 2 N–H and O–H groups in total. The molecular weight excluding hydrogens is 330 g/mol. The minimum Gasteiger partial charge on any atom is -0.465 e. The Morgan fingerprint density at radius 2 is 1.85 bits per heavy atom. The molecule has 132 valence electrons. The summed E-state index contributed by atoms with van der Waals surface area (Å²) in [5, 5.41) is 14.2. The lowest BCUT2D eigenvalue weighted by atomic mass is 10.1. The van der Waals surface area contributed by atoms with Gasteiger partial charge in [-0.05, 0) is 37.6 Å². The summed E-state index contributed by atoms with van der Waals surface area (Å²) in [4.78, 5) is 16.3. The van der Waals surface area contributed by atoms with E-state index in [4.69, 9.17) is 4.74 Å². The Bertz CT molecular complexity index is 943. The van der Waals surface area contributed by atoms with Gasteiger partial charge in [0.2, 0.25) is 5.95 Å². The maximum absolute atomic E-state index is 11.9. The van der Waals surface area contributed by atoms with Crippen LogP contribution in [0.5, 0.6) is 0 Å². The second-order valence-corrected chi connectivity index (χ2v) is 5.77. The van der Waals surface area contributed by atoms with Gasteiger partial charge < -0.3 is 15.4 Å². The fourth-order valence-corrected chi connectivity index (χ4v) is 2.51. The minimum absolute atomic E-state index is 0.359.